The average Bonchev–Trinajstić information content (AvgIpc) is 2.65. The van der Waals surface area contributed by atoms with Gasteiger partial charge in [0.15, 0.2) is 0 Å². The van der Waals surface area contributed by atoms with Crippen molar-refractivity contribution < 1.29 is 23.8 Å². The van der Waals surface area contributed by atoms with Crippen LogP contribution in [0.25, 0.3) is 6.08 Å². The fourth-order valence-electron chi connectivity index (χ4n) is 2.15. The summed E-state index contributed by atoms with van der Waals surface area (Å²) in [5, 5.41) is 2.66. The third-order valence-electron chi connectivity index (χ3n) is 3.39. The molecule has 130 valence electrons. The van der Waals surface area contributed by atoms with E-state index >= 15 is 0 Å². The average molecular weight is 341 g/mol. The first-order valence-corrected chi connectivity index (χ1v) is 7.47. The molecule has 0 radical (unpaired) electrons. The summed E-state index contributed by atoms with van der Waals surface area (Å²) in [7, 11) is 4.40. The molecule has 0 spiro atoms. The first kappa shape index (κ1) is 18.1. The zero-order chi connectivity index (χ0) is 18.2. The number of ether oxygens (including phenoxy) is 3. The highest BCUT2D eigenvalue weighted by atomic mass is 16.5. The number of carbonyl (C=O) groups excluding carboxylic acids is 2. The number of hydrogen-bond acceptors (Lipinski definition) is 5. The summed E-state index contributed by atoms with van der Waals surface area (Å²) in [5.74, 6) is 0.349. The van der Waals surface area contributed by atoms with Crippen molar-refractivity contribution in [1.29, 1.82) is 0 Å². The van der Waals surface area contributed by atoms with Gasteiger partial charge in [-0.3, -0.25) is 4.79 Å². The third-order valence-corrected chi connectivity index (χ3v) is 3.39. The van der Waals surface area contributed by atoms with E-state index in [4.69, 9.17) is 14.2 Å². The smallest absolute Gasteiger partial charge is 0.339 e. The topological polar surface area (TPSA) is 73.9 Å². The van der Waals surface area contributed by atoms with Crippen LogP contribution in [0, 0.1) is 0 Å². The molecule has 0 aromatic heterocycles. The molecule has 2 aromatic rings. The molecule has 6 heteroatoms. The van der Waals surface area contributed by atoms with Crippen molar-refractivity contribution in [3.63, 3.8) is 0 Å². The minimum absolute atomic E-state index is 0.287. The molecule has 2 rings (SSSR count). The van der Waals surface area contributed by atoms with E-state index in [2.05, 4.69) is 5.32 Å². The second kappa shape index (κ2) is 8.54. The number of hydrogen-bond donors (Lipinski definition) is 1. The van der Waals surface area contributed by atoms with Gasteiger partial charge in [-0.2, -0.15) is 0 Å². The van der Waals surface area contributed by atoms with Crippen molar-refractivity contribution in [3.8, 4) is 11.5 Å². The van der Waals surface area contributed by atoms with Crippen molar-refractivity contribution in [3.05, 3.63) is 59.7 Å². The molecule has 0 fully saturated rings. The Morgan fingerprint density at radius 2 is 1.60 bits per heavy atom. The van der Waals surface area contributed by atoms with Crippen LogP contribution >= 0.6 is 0 Å². The van der Waals surface area contributed by atoms with Gasteiger partial charge in [0, 0.05) is 12.1 Å². The maximum Gasteiger partial charge on any atom is 0.339 e. The molecule has 0 atom stereocenters. The number of nitrogens with one attached hydrogen (secondary N) is 1. The predicted molar refractivity (Wildman–Crippen MR) is 95.0 cm³/mol. The lowest BCUT2D eigenvalue weighted by Crippen LogP contribution is -2.12. The monoisotopic (exact) mass is 341 g/mol. The Morgan fingerprint density at radius 3 is 2.20 bits per heavy atom. The first-order valence-electron chi connectivity index (χ1n) is 7.47. The van der Waals surface area contributed by atoms with E-state index in [0.717, 1.165) is 5.56 Å². The Hall–Kier alpha value is -3.28. The molecule has 0 aliphatic heterocycles. The van der Waals surface area contributed by atoms with E-state index in [1.165, 1.54) is 13.2 Å². The molecule has 0 saturated heterocycles. The van der Waals surface area contributed by atoms with Crippen molar-refractivity contribution in [1.82, 2.24) is 0 Å². The molecule has 25 heavy (non-hydrogen) atoms. The van der Waals surface area contributed by atoms with Crippen molar-refractivity contribution in [2.45, 2.75) is 0 Å². The molecule has 0 heterocycles. The fraction of sp³-hybridized carbons (Fsp3) is 0.158. The van der Waals surface area contributed by atoms with Crippen molar-refractivity contribution in [2.24, 2.45) is 0 Å². The van der Waals surface area contributed by atoms with Crippen LogP contribution in [0.1, 0.15) is 15.9 Å². The molecule has 0 bridgehead atoms. The second-order valence-electron chi connectivity index (χ2n) is 5.01. The van der Waals surface area contributed by atoms with Gasteiger partial charge < -0.3 is 19.5 Å². The van der Waals surface area contributed by atoms with Crippen molar-refractivity contribution in [2.75, 3.05) is 26.6 Å². The van der Waals surface area contributed by atoms with Gasteiger partial charge in [-0.25, -0.2) is 4.79 Å². The number of amides is 1. The SMILES string of the molecule is COC(=O)c1ccccc1NC(=O)/C=C/c1cc(OC)cc(OC)c1. The van der Waals surface area contributed by atoms with Gasteiger partial charge in [-0.05, 0) is 35.9 Å². The number of esters is 1. The van der Waals surface area contributed by atoms with Gasteiger partial charge in [0.25, 0.3) is 0 Å². The van der Waals surface area contributed by atoms with E-state index in [9.17, 15) is 9.59 Å². The van der Waals surface area contributed by atoms with Crippen LogP contribution in [-0.4, -0.2) is 33.2 Å². The fourth-order valence-corrected chi connectivity index (χ4v) is 2.15. The Kier molecular flexibility index (Phi) is 6.17. The molecule has 0 saturated carbocycles. The van der Waals surface area contributed by atoms with Gasteiger partial charge >= 0.3 is 5.97 Å². The summed E-state index contributed by atoms with van der Waals surface area (Å²) < 4.78 is 15.1. The molecule has 0 unspecified atom stereocenters. The summed E-state index contributed by atoms with van der Waals surface area (Å²) in [4.78, 5) is 23.9. The molecular weight excluding hydrogens is 322 g/mol. The van der Waals surface area contributed by atoms with Crippen LogP contribution in [0.2, 0.25) is 0 Å². The van der Waals surface area contributed by atoms with Gasteiger partial charge in [-0.15, -0.1) is 0 Å². The Labute approximate surface area is 146 Å². The normalized spacial score (nSPS) is 10.4. The standard InChI is InChI=1S/C19H19NO5/c1-23-14-10-13(11-15(12-14)24-2)8-9-18(21)20-17-7-5-4-6-16(17)19(22)25-3/h4-12H,1-3H3,(H,20,21)/b9-8+. The molecule has 0 aliphatic carbocycles. The summed E-state index contributed by atoms with van der Waals surface area (Å²) in [6, 6.07) is 11.9. The highest BCUT2D eigenvalue weighted by molar-refractivity contribution is 6.06. The maximum absolute atomic E-state index is 12.1. The highest BCUT2D eigenvalue weighted by Crippen LogP contribution is 2.23. The van der Waals surface area contributed by atoms with E-state index < -0.39 is 5.97 Å². The van der Waals surface area contributed by atoms with Crippen molar-refractivity contribution >= 4 is 23.6 Å². The molecule has 1 N–H and O–H groups in total. The zero-order valence-electron chi connectivity index (χ0n) is 14.2. The van der Waals surface area contributed by atoms with E-state index in [0.29, 0.717) is 17.2 Å². The number of carbonyl (C=O) groups is 2. The minimum atomic E-state index is -0.516. The Morgan fingerprint density at radius 1 is 0.960 bits per heavy atom. The number of rotatable bonds is 6. The first-order chi connectivity index (χ1) is 12.1. The van der Waals surface area contributed by atoms with Crippen LogP contribution in [0.3, 0.4) is 0 Å². The predicted octanol–water partition coefficient (Wildman–Crippen LogP) is 3.14. The number of para-hydroxylation sites is 1. The highest BCUT2D eigenvalue weighted by Gasteiger charge is 2.12. The molecule has 6 nitrogen and oxygen atoms in total. The largest absolute Gasteiger partial charge is 0.497 e. The lowest BCUT2D eigenvalue weighted by molar-refractivity contribution is -0.111. The zero-order valence-corrected chi connectivity index (χ0v) is 14.2. The lowest BCUT2D eigenvalue weighted by atomic mass is 10.1. The van der Waals surface area contributed by atoms with Crippen LogP contribution in [0.4, 0.5) is 5.69 Å². The van der Waals surface area contributed by atoms with Gasteiger partial charge in [0.1, 0.15) is 11.5 Å². The number of anilines is 1. The molecule has 2 aromatic carbocycles. The van der Waals surface area contributed by atoms with E-state index in [1.807, 2.05) is 0 Å². The van der Waals surface area contributed by atoms with E-state index in [1.54, 1.807) is 62.8 Å². The maximum atomic E-state index is 12.1. The molecule has 1 amide bonds. The summed E-state index contributed by atoms with van der Waals surface area (Å²) in [5.41, 5.74) is 1.41. The van der Waals surface area contributed by atoms with Gasteiger partial charge in [-0.1, -0.05) is 12.1 Å². The van der Waals surface area contributed by atoms with Crippen LogP contribution in [-0.2, 0) is 9.53 Å². The van der Waals surface area contributed by atoms with Gasteiger partial charge in [0.05, 0.1) is 32.6 Å². The van der Waals surface area contributed by atoms with Crippen LogP contribution in [0.15, 0.2) is 48.5 Å². The summed E-state index contributed by atoms with van der Waals surface area (Å²) in [6.07, 6.45) is 2.99. The number of methoxy groups -OCH3 is 3. The van der Waals surface area contributed by atoms with Crippen LogP contribution in [0.5, 0.6) is 11.5 Å². The summed E-state index contributed by atoms with van der Waals surface area (Å²) in [6.45, 7) is 0. The Balaban J connectivity index is 2.16. The second-order valence-corrected chi connectivity index (χ2v) is 5.01. The minimum Gasteiger partial charge on any atom is -0.497 e. The summed E-state index contributed by atoms with van der Waals surface area (Å²) >= 11 is 0. The third kappa shape index (κ3) is 4.84. The molecule has 0 aliphatic rings. The van der Waals surface area contributed by atoms with E-state index in [-0.39, 0.29) is 11.5 Å². The molecular formula is C19H19NO5. The quantitative estimate of drug-likeness (QED) is 0.645. The number of benzene rings is 2. The van der Waals surface area contributed by atoms with Crippen LogP contribution < -0.4 is 14.8 Å². The lowest BCUT2D eigenvalue weighted by Gasteiger charge is -2.08. The van der Waals surface area contributed by atoms with Gasteiger partial charge in [0.2, 0.25) is 5.91 Å². The Bertz CT molecular complexity index is 776.